The minimum Gasteiger partial charge on any atom is -0.339 e. The standard InChI is InChI=1S/C19H27N5O/c1-23(12-8-15-6-9-20-10-7-15)17-3-2-11-24(13-17)14-18-21-19(25-22-18)16-4-5-16/h6-7,9-10,16-17H,2-5,8,11-14H2,1H3/t17-/m0/s1. The summed E-state index contributed by atoms with van der Waals surface area (Å²) in [5.41, 5.74) is 1.36. The second kappa shape index (κ2) is 7.62. The summed E-state index contributed by atoms with van der Waals surface area (Å²) in [7, 11) is 2.24. The molecule has 0 amide bonds. The zero-order chi connectivity index (χ0) is 17.1. The van der Waals surface area contributed by atoms with Gasteiger partial charge < -0.3 is 9.42 Å². The van der Waals surface area contributed by atoms with Crippen molar-refractivity contribution in [3.63, 3.8) is 0 Å². The fraction of sp³-hybridized carbons (Fsp3) is 0.632. The van der Waals surface area contributed by atoms with Crippen LogP contribution in [0.4, 0.5) is 0 Å². The smallest absolute Gasteiger partial charge is 0.229 e. The van der Waals surface area contributed by atoms with E-state index in [1.807, 2.05) is 12.4 Å². The topological polar surface area (TPSA) is 58.3 Å². The lowest BCUT2D eigenvalue weighted by Gasteiger charge is -2.37. The van der Waals surface area contributed by atoms with Crippen LogP contribution in [0.1, 0.15) is 48.9 Å². The van der Waals surface area contributed by atoms with Crippen molar-refractivity contribution < 1.29 is 4.52 Å². The van der Waals surface area contributed by atoms with Crippen LogP contribution in [0.15, 0.2) is 29.0 Å². The van der Waals surface area contributed by atoms with Gasteiger partial charge in [-0.2, -0.15) is 4.98 Å². The van der Waals surface area contributed by atoms with Crippen molar-refractivity contribution in [3.8, 4) is 0 Å². The third kappa shape index (κ3) is 4.44. The van der Waals surface area contributed by atoms with Crippen LogP contribution in [0.25, 0.3) is 0 Å². The van der Waals surface area contributed by atoms with E-state index in [9.17, 15) is 0 Å². The summed E-state index contributed by atoms with van der Waals surface area (Å²) in [6.45, 7) is 4.10. The van der Waals surface area contributed by atoms with Crippen molar-refractivity contribution in [2.45, 2.75) is 50.6 Å². The lowest BCUT2D eigenvalue weighted by Crippen LogP contribution is -2.46. The largest absolute Gasteiger partial charge is 0.339 e. The van der Waals surface area contributed by atoms with Crippen molar-refractivity contribution in [1.29, 1.82) is 0 Å². The van der Waals surface area contributed by atoms with E-state index in [1.54, 1.807) is 0 Å². The molecule has 1 saturated carbocycles. The second-order valence-corrected chi connectivity index (χ2v) is 7.44. The van der Waals surface area contributed by atoms with E-state index in [0.29, 0.717) is 12.0 Å². The highest BCUT2D eigenvalue weighted by atomic mass is 16.5. The number of nitrogens with zero attached hydrogens (tertiary/aromatic N) is 5. The fourth-order valence-corrected chi connectivity index (χ4v) is 3.60. The summed E-state index contributed by atoms with van der Waals surface area (Å²) in [6, 6.07) is 4.81. The Labute approximate surface area is 149 Å². The van der Waals surface area contributed by atoms with Crippen molar-refractivity contribution in [2.75, 3.05) is 26.7 Å². The highest BCUT2D eigenvalue weighted by Crippen LogP contribution is 2.38. The SMILES string of the molecule is CN(CCc1ccncc1)[C@H]1CCCN(Cc2noc(C3CC3)n2)C1. The van der Waals surface area contributed by atoms with E-state index in [-0.39, 0.29) is 0 Å². The molecule has 2 aromatic heterocycles. The first-order valence-corrected chi connectivity index (χ1v) is 9.42. The van der Waals surface area contributed by atoms with E-state index in [4.69, 9.17) is 4.52 Å². The molecule has 0 N–H and O–H groups in total. The molecule has 0 unspecified atom stereocenters. The number of likely N-dealkylation sites (N-methyl/N-ethyl adjacent to an activating group) is 1. The van der Waals surface area contributed by atoms with Gasteiger partial charge in [-0.15, -0.1) is 0 Å². The van der Waals surface area contributed by atoms with Gasteiger partial charge in [0.15, 0.2) is 5.82 Å². The lowest BCUT2D eigenvalue weighted by molar-refractivity contribution is 0.110. The van der Waals surface area contributed by atoms with Crippen molar-refractivity contribution in [1.82, 2.24) is 24.9 Å². The monoisotopic (exact) mass is 341 g/mol. The quantitative estimate of drug-likeness (QED) is 0.771. The Kier molecular flexibility index (Phi) is 5.08. The Morgan fingerprint density at radius 2 is 2.08 bits per heavy atom. The minimum absolute atomic E-state index is 0.537. The Morgan fingerprint density at radius 1 is 1.24 bits per heavy atom. The van der Waals surface area contributed by atoms with Gasteiger partial charge in [-0.25, -0.2) is 0 Å². The third-order valence-electron chi connectivity index (χ3n) is 5.38. The minimum atomic E-state index is 0.537. The zero-order valence-electron chi connectivity index (χ0n) is 15.0. The average Bonchev–Trinajstić information content (AvgIpc) is 3.40. The molecule has 1 atom stereocenters. The number of piperidine rings is 1. The van der Waals surface area contributed by atoms with Gasteiger partial charge >= 0.3 is 0 Å². The van der Waals surface area contributed by atoms with Gasteiger partial charge in [-0.1, -0.05) is 5.16 Å². The van der Waals surface area contributed by atoms with Gasteiger partial charge in [0.25, 0.3) is 0 Å². The molecular formula is C19H27N5O. The summed E-state index contributed by atoms with van der Waals surface area (Å²) in [5, 5.41) is 4.17. The molecule has 6 heteroatoms. The van der Waals surface area contributed by atoms with E-state index in [0.717, 1.165) is 44.3 Å². The van der Waals surface area contributed by atoms with Crippen LogP contribution in [0.3, 0.4) is 0 Å². The third-order valence-corrected chi connectivity index (χ3v) is 5.38. The first-order chi connectivity index (χ1) is 12.3. The summed E-state index contributed by atoms with van der Waals surface area (Å²) >= 11 is 0. The van der Waals surface area contributed by atoms with Gasteiger partial charge in [-0.05, 0) is 63.4 Å². The number of rotatable bonds is 7. The van der Waals surface area contributed by atoms with E-state index >= 15 is 0 Å². The number of pyridine rings is 1. The van der Waals surface area contributed by atoms with Crippen LogP contribution in [0.2, 0.25) is 0 Å². The molecule has 0 spiro atoms. The van der Waals surface area contributed by atoms with Gasteiger partial charge in [0.2, 0.25) is 5.89 Å². The highest BCUT2D eigenvalue weighted by Gasteiger charge is 2.30. The predicted octanol–water partition coefficient (Wildman–Crippen LogP) is 2.48. The Bertz CT molecular complexity index is 669. The normalized spacial score (nSPS) is 21.8. The maximum absolute atomic E-state index is 5.39. The first-order valence-electron chi connectivity index (χ1n) is 9.42. The molecule has 1 aliphatic carbocycles. The van der Waals surface area contributed by atoms with Crippen LogP contribution < -0.4 is 0 Å². The maximum Gasteiger partial charge on any atom is 0.229 e. The number of aromatic nitrogens is 3. The molecule has 2 aromatic rings. The number of likely N-dealkylation sites (tertiary alicyclic amines) is 1. The molecular weight excluding hydrogens is 314 g/mol. The van der Waals surface area contributed by atoms with Crippen LogP contribution in [0, 0.1) is 0 Å². The van der Waals surface area contributed by atoms with Crippen molar-refractivity contribution in [3.05, 3.63) is 41.8 Å². The maximum atomic E-state index is 5.39. The van der Waals surface area contributed by atoms with Crippen LogP contribution in [0.5, 0.6) is 0 Å². The molecule has 3 heterocycles. The van der Waals surface area contributed by atoms with Crippen molar-refractivity contribution >= 4 is 0 Å². The molecule has 4 rings (SSSR count). The molecule has 0 bridgehead atoms. The summed E-state index contributed by atoms with van der Waals surface area (Å²) in [6.07, 6.45) is 9.73. The summed E-state index contributed by atoms with van der Waals surface area (Å²) in [4.78, 5) is 13.6. The first kappa shape index (κ1) is 16.7. The van der Waals surface area contributed by atoms with Gasteiger partial charge in [0, 0.05) is 37.4 Å². The highest BCUT2D eigenvalue weighted by molar-refractivity contribution is 5.10. The second-order valence-electron chi connectivity index (χ2n) is 7.44. The average molecular weight is 341 g/mol. The molecule has 1 aliphatic heterocycles. The Hall–Kier alpha value is -1.79. The predicted molar refractivity (Wildman–Crippen MR) is 95.1 cm³/mol. The van der Waals surface area contributed by atoms with Crippen molar-refractivity contribution in [2.24, 2.45) is 0 Å². The molecule has 6 nitrogen and oxygen atoms in total. The van der Waals surface area contributed by atoms with Gasteiger partial charge in [-0.3, -0.25) is 9.88 Å². The van der Waals surface area contributed by atoms with E-state index in [2.05, 4.69) is 44.1 Å². The molecule has 1 saturated heterocycles. The fourth-order valence-electron chi connectivity index (χ4n) is 3.60. The van der Waals surface area contributed by atoms with Crippen LogP contribution in [-0.2, 0) is 13.0 Å². The van der Waals surface area contributed by atoms with E-state index in [1.165, 1.54) is 31.2 Å². The Balaban J connectivity index is 1.27. The van der Waals surface area contributed by atoms with Crippen LogP contribution in [-0.4, -0.2) is 57.6 Å². The Morgan fingerprint density at radius 3 is 2.88 bits per heavy atom. The molecule has 2 aliphatic rings. The van der Waals surface area contributed by atoms with Gasteiger partial charge in [0.1, 0.15) is 0 Å². The van der Waals surface area contributed by atoms with Crippen LogP contribution >= 0.6 is 0 Å². The summed E-state index contributed by atoms with van der Waals surface area (Å²) in [5.74, 6) is 2.23. The molecule has 0 aromatic carbocycles. The lowest BCUT2D eigenvalue weighted by atomic mass is 10.0. The number of hydrogen-bond acceptors (Lipinski definition) is 6. The molecule has 134 valence electrons. The molecule has 2 fully saturated rings. The van der Waals surface area contributed by atoms with Gasteiger partial charge in [0.05, 0.1) is 6.54 Å². The molecule has 25 heavy (non-hydrogen) atoms. The number of hydrogen-bond donors (Lipinski definition) is 0. The molecule has 0 radical (unpaired) electrons. The zero-order valence-corrected chi connectivity index (χ0v) is 15.0. The summed E-state index contributed by atoms with van der Waals surface area (Å²) < 4.78 is 5.39. The van der Waals surface area contributed by atoms with E-state index < -0.39 is 0 Å².